The van der Waals surface area contributed by atoms with Gasteiger partial charge in [-0.2, -0.15) is 5.10 Å². The van der Waals surface area contributed by atoms with E-state index in [4.69, 9.17) is 5.11 Å². The first kappa shape index (κ1) is 7.76. The van der Waals surface area contributed by atoms with Crippen LogP contribution in [0.2, 0.25) is 0 Å². The molecule has 0 aromatic carbocycles. The topological polar surface area (TPSA) is 52.1 Å². The Morgan fingerprint density at radius 1 is 1.67 bits per heavy atom. The summed E-state index contributed by atoms with van der Waals surface area (Å²) >= 11 is 0. The third-order valence-electron chi connectivity index (χ3n) is 2.25. The summed E-state index contributed by atoms with van der Waals surface area (Å²) in [6.07, 6.45) is 3.75. The highest BCUT2D eigenvalue weighted by Gasteiger charge is 2.25. The van der Waals surface area contributed by atoms with Crippen molar-refractivity contribution in [2.24, 2.45) is 5.92 Å². The third kappa shape index (κ3) is 1.49. The Kier molecular flexibility index (Phi) is 2.10. The van der Waals surface area contributed by atoms with Crippen LogP contribution in [-0.4, -0.2) is 39.9 Å². The monoisotopic (exact) mass is 167 g/mol. The van der Waals surface area contributed by atoms with Crippen LogP contribution < -0.4 is 0 Å². The van der Waals surface area contributed by atoms with Crippen LogP contribution >= 0.6 is 0 Å². The van der Waals surface area contributed by atoms with Crippen LogP contribution in [0, 0.1) is 5.92 Å². The van der Waals surface area contributed by atoms with Crippen molar-refractivity contribution < 1.29 is 5.11 Å². The molecule has 0 amide bonds. The van der Waals surface area contributed by atoms with Gasteiger partial charge >= 0.3 is 0 Å². The Labute approximate surface area is 71.2 Å². The summed E-state index contributed by atoms with van der Waals surface area (Å²) in [7, 11) is 0. The fourth-order valence-corrected chi connectivity index (χ4v) is 1.54. The zero-order valence-corrected chi connectivity index (χ0v) is 6.90. The van der Waals surface area contributed by atoms with E-state index in [1.165, 1.54) is 5.56 Å². The molecule has 66 valence electrons. The Balaban J connectivity index is 1.77. The number of nitrogens with zero attached hydrogens (tertiary/aromatic N) is 2. The van der Waals surface area contributed by atoms with E-state index in [2.05, 4.69) is 15.1 Å². The quantitative estimate of drug-likeness (QED) is 0.657. The predicted octanol–water partition coefficient (Wildman–Crippen LogP) is -0.166. The molecule has 1 aromatic rings. The molecule has 2 N–H and O–H groups in total. The van der Waals surface area contributed by atoms with Crippen molar-refractivity contribution in [3.63, 3.8) is 0 Å². The van der Waals surface area contributed by atoms with E-state index >= 15 is 0 Å². The molecule has 2 heterocycles. The summed E-state index contributed by atoms with van der Waals surface area (Å²) in [5.41, 5.74) is 1.21. The maximum absolute atomic E-state index is 8.78. The number of rotatable bonds is 3. The van der Waals surface area contributed by atoms with Gasteiger partial charge in [-0.25, -0.2) is 0 Å². The molecular formula is C8H13N3O. The van der Waals surface area contributed by atoms with Crippen LogP contribution in [0.25, 0.3) is 0 Å². The first-order chi connectivity index (χ1) is 5.88. The largest absolute Gasteiger partial charge is 0.396 e. The Morgan fingerprint density at radius 2 is 2.50 bits per heavy atom. The molecule has 1 aromatic heterocycles. The van der Waals surface area contributed by atoms with E-state index in [9.17, 15) is 0 Å². The Hall–Kier alpha value is -0.870. The molecular weight excluding hydrogens is 154 g/mol. The van der Waals surface area contributed by atoms with Gasteiger partial charge in [0.05, 0.1) is 6.20 Å². The van der Waals surface area contributed by atoms with Crippen molar-refractivity contribution >= 4 is 0 Å². The summed E-state index contributed by atoms with van der Waals surface area (Å²) < 4.78 is 0. The molecule has 0 atom stereocenters. The van der Waals surface area contributed by atoms with Crippen molar-refractivity contribution in [1.29, 1.82) is 0 Å². The highest BCUT2D eigenvalue weighted by Crippen LogP contribution is 2.16. The molecule has 1 fully saturated rings. The highest BCUT2D eigenvalue weighted by molar-refractivity contribution is 5.03. The minimum absolute atomic E-state index is 0.321. The number of aliphatic hydroxyl groups is 1. The average molecular weight is 167 g/mol. The van der Waals surface area contributed by atoms with Crippen molar-refractivity contribution in [2.45, 2.75) is 6.54 Å². The lowest BCUT2D eigenvalue weighted by Crippen LogP contribution is -2.47. The summed E-state index contributed by atoms with van der Waals surface area (Å²) in [6, 6.07) is 0. The zero-order chi connectivity index (χ0) is 8.39. The van der Waals surface area contributed by atoms with Crippen LogP contribution in [-0.2, 0) is 6.54 Å². The van der Waals surface area contributed by atoms with Crippen molar-refractivity contribution in [2.75, 3.05) is 19.7 Å². The highest BCUT2D eigenvalue weighted by atomic mass is 16.3. The van der Waals surface area contributed by atoms with Crippen LogP contribution in [0.3, 0.4) is 0 Å². The van der Waals surface area contributed by atoms with Gasteiger partial charge in [-0.3, -0.25) is 10.00 Å². The molecule has 1 aliphatic heterocycles. The average Bonchev–Trinajstić information content (AvgIpc) is 2.47. The number of H-pyrrole nitrogens is 1. The molecule has 0 bridgehead atoms. The molecule has 0 aliphatic carbocycles. The molecule has 0 radical (unpaired) electrons. The molecule has 1 saturated heterocycles. The fourth-order valence-electron chi connectivity index (χ4n) is 1.54. The van der Waals surface area contributed by atoms with Crippen LogP contribution in [0.4, 0.5) is 0 Å². The first-order valence-corrected chi connectivity index (χ1v) is 4.19. The van der Waals surface area contributed by atoms with Crippen LogP contribution in [0.5, 0.6) is 0 Å². The summed E-state index contributed by atoms with van der Waals surface area (Å²) in [4.78, 5) is 2.30. The van der Waals surface area contributed by atoms with Gasteiger partial charge in [-0.05, 0) is 0 Å². The number of hydrogen-bond donors (Lipinski definition) is 2. The fraction of sp³-hybridized carbons (Fsp3) is 0.625. The molecule has 4 nitrogen and oxygen atoms in total. The maximum atomic E-state index is 8.78. The molecule has 0 unspecified atom stereocenters. The normalized spacial score (nSPS) is 19.4. The molecule has 4 heteroatoms. The van der Waals surface area contributed by atoms with Crippen LogP contribution in [0.15, 0.2) is 12.4 Å². The zero-order valence-electron chi connectivity index (χ0n) is 6.90. The van der Waals surface area contributed by atoms with E-state index in [-0.39, 0.29) is 0 Å². The van der Waals surface area contributed by atoms with E-state index in [0.717, 1.165) is 19.6 Å². The molecule has 1 aliphatic rings. The minimum atomic E-state index is 0.321. The molecule has 12 heavy (non-hydrogen) atoms. The third-order valence-corrected chi connectivity index (χ3v) is 2.25. The van der Waals surface area contributed by atoms with E-state index in [1.54, 1.807) is 0 Å². The van der Waals surface area contributed by atoms with Gasteiger partial charge in [-0.1, -0.05) is 0 Å². The van der Waals surface area contributed by atoms with Gasteiger partial charge in [0.25, 0.3) is 0 Å². The van der Waals surface area contributed by atoms with Crippen molar-refractivity contribution in [3.05, 3.63) is 18.0 Å². The van der Waals surface area contributed by atoms with Gasteiger partial charge in [0, 0.05) is 43.9 Å². The number of aliphatic hydroxyl groups excluding tert-OH is 1. The van der Waals surface area contributed by atoms with Gasteiger partial charge in [-0.15, -0.1) is 0 Å². The molecule has 0 spiro atoms. The van der Waals surface area contributed by atoms with Crippen molar-refractivity contribution in [1.82, 2.24) is 15.1 Å². The van der Waals surface area contributed by atoms with E-state index in [0.29, 0.717) is 12.5 Å². The lowest BCUT2D eigenvalue weighted by Gasteiger charge is -2.37. The second kappa shape index (κ2) is 3.25. The summed E-state index contributed by atoms with van der Waals surface area (Å²) in [5, 5.41) is 15.4. The second-order valence-electron chi connectivity index (χ2n) is 3.35. The minimum Gasteiger partial charge on any atom is -0.396 e. The molecule has 2 rings (SSSR count). The van der Waals surface area contributed by atoms with E-state index in [1.807, 2.05) is 12.4 Å². The standard InChI is InChI=1S/C8H13N3O/c12-6-8-4-11(5-8)3-7-1-9-10-2-7/h1-2,8,12H,3-6H2,(H,9,10). The van der Waals surface area contributed by atoms with E-state index < -0.39 is 0 Å². The van der Waals surface area contributed by atoms with Gasteiger partial charge < -0.3 is 5.11 Å². The number of likely N-dealkylation sites (tertiary alicyclic amines) is 1. The van der Waals surface area contributed by atoms with Gasteiger partial charge in [0.2, 0.25) is 0 Å². The SMILES string of the molecule is OCC1CN(Cc2cn[nH]c2)C1. The Bertz CT molecular complexity index is 228. The number of aromatic amines is 1. The second-order valence-corrected chi connectivity index (χ2v) is 3.35. The Morgan fingerprint density at radius 3 is 3.08 bits per heavy atom. The lowest BCUT2D eigenvalue weighted by atomic mass is 10.0. The lowest BCUT2D eigenvalue weighted by molar-refractivity contribution is 0.0479. The first-order valence-electron chi connectivity index (χ1n) is 4.19. The van der Waals surface area contributed by atoms with Gasteiger partial charge in [0.15, 0.2) is 0 Å². The summed E-state index contributed by atoms with van der Waals surface area (Å²) in [5.74, 6) is 0.497. The van der Waals surface area contributed by atoms with Crippen molar-refractivity contribution in [3.8, 4) is 0 Å². The number of aromatic nitrogens is 2. The van der Waals surface area contributed by atoms with Crippen LogP contribution in [0.1, 0.15) is 5.56 Å². The predicted molar refractivity (Wildman–Crippen MR) is 44.4 cm³/mol. The smallest absolute Gasteiger partial charge is 0.0532 e. The number of hydrogen-bond acceptors (Lipinski definition) is 3. The van der Waals surface area contributed by atoms with Gasteiger partial charge in [0.1, 0.15) is 0 Å². The maximum Gasteiger partial charge on any atom is 0.0532 e. The molecule has 0 saturated carbocycles. The summed E-state index contributed by atoms with van der Waals surface area (Å²) in [6.45, 7) is 3.30. The number of nitrogens with one attached hydrogen (secondary N) is 1.